The third-order valence-corrected chi connectivity index (χ3v) is 12.7. The minimum atomic E-state index is -4.56. The van der Waals surface area contributed by atoms with Gasteiger partial charge >= 0.3 is 17.0 Å². The number of anilines is 1. The fraction of sp³-hybridized carbons (Fsp3) is 0.441. The number of carboxylic acid groups (broad SMARTS) is 1. The largest absolute Gasteiger partial charge is 0.484 e. The first-order valence-corrected chi connectivity index (χ1v) is 17.6. The number of thiazole rings is 1. The zero-order chi connectivity index (χ0) is 34.9. The number of benzene rings is 2. The number of carbonyl (C=O) groups is 4. The average Bonchev–Trinajstić information content (AvgIpc) is 3.77. The Labute approximate surface area is 286 Å². The van der Waals surface area contributed by atoms with E-state index in [1.807, 2.05) is 19.9 Å². The lowest BCUT2D eigenvalue weighted by atomic mass is 9.68. The summed E-state index contributed by atoms with van der Waals surface area (Å²) in [5.41, 5.74) is -0.136. The number of ether oxygens (including phenoxy) is 1. The van der Waals surface area contributed by atoms with Crippen LogP contribution in [-0.2, 0) is 25.4 Å². The maximum atomic E-state index is 14.0. The van der Waals surface area contributed by atoms with Gasteiger partial charge in [-0.15, -0.1) is 11.8 Å². The lowest BCUT2D eigenvalue weighted by Gasteiger charge is -2.43. The second-order valence-electron chi connectivity index (χ2n) is 13.5. The highest BCUT2D eigenvalue weighted by molar-refractivity contribution is 8.00. The molecule has 3 aromatic rings. The van der Waals surface area contributed by atoms with Gasteiger partial charge in [-0.3, -0.25) is 24.1 Å². The lowest BCUT2D eigenvalue weighted by molar-refractivity contribution is -0.156. The molecule has 7 unspecified atom stereocenters. The Morgan fingerprint density at radius 2 is 1.78 bits per heavy atom. The SMILES string of the molecule is CC(C)CC(C(=O)O)N1C(=O)C2C3CC(C2C1=O)C1C3Sc2[nH]c(=O)sc2[C@@H]1c1cccc(OCC(=O)Nc2cccc(C(F)(F)F)c2)c1. The Hall–Kier alpha value is -4.11. The molecule has 258 valence electrons. The number of fused-ring (bicyclic) bond motifs is 9. The number of carboxylic acids is 1. The fourth-order valence-corrected chi connectivity index (χ4v) is 11.3. The van der Waals surface area contributed by atoms with Crippen LogP contribution in [0, 0.1) is 35.5 Å². The van der Waals surface area contributed by atoms with Gasteiger partial charge in [-0.25, -0.2) is 4.79 Å². The summed E-state index contributed by atoms with van der Waals surface area (Å²) in [7, 11) is 0. The molecule has 2 aliphatic carbocycles. The zero-order valence-corrected chi connectivity index (χ0v) is 27.9. The second-order valence-corrected chi connectivity index (χ2v) is 15.7. The van der Waals surface area contributed by atoms with Crippen LogP contribution in [0.4, 0.5) is 18.9 Å². The van der Waals surface area contributed by atoms with E-state index in [4.69, 9.17) is 4.74 Å². The summed E-state index contributed by atoms with van der Waals surface area (Å²) in [6.45, 7) is 3.22. The van der Waals surface area contributed by atoms with E-state index in [0.717, 1.165) is 38.8 Å². The molecule has 2 aliphatic heterocycles. The van der Waals surface area contributed by atoms with Crippen LogP contribution >= 0.6 is 23.1 Å². The van der Waals surface area contributed by atoms with Crippen LogP contribution in [0.25, 0.3) is 0 Å². The summed E-state index contributed by atoms with van der Waals surface area (Å²) >= 11 is 2.60. The van der Waals surface area contributed by atoms with E-state index in [1.54, 1.807) is 18.2 Å². The van der Waals surface area contributed by atoms with Crippen molar-refractivity contribution in [2.75, 3.05) is 11.9 Å². The molecule has 1 saturated heterocycles. The van der Waals surface area contributed by atoms with Crippen molar-refractivity contribution in [3.8, 4) is 5.75 Å². The van der Waals surface area contributed by atoms with Gasteiger partial charge in [0.1, 0.15) is 11.8 Å². The molecule has 3 fully saturated rings. The smallest absolute Gasteiger partial charge is 0.416 e. The number of rotatable bonds is 9. The summed E-state index contributed by atoms with van der Waals surface area (Å²) < 4.78 is 45.1. The van der Waals surface area contributed by atoms with E-state index in [2.05, 4.69) is 10.3 Å². The molecule has 4 aliphatic rings. The third kappa shape index (κ3) is 5.83. The summed E-state index contributed by atoms with van der Waals surface area (Å²) in [5, 5.41) is 13.0. The highest BCUT2D eigenvalue weighted by atomic mass is 32.2. The Kier molecular flexibility index (Phi) is 8.41. The number of likely N-dealkylation sites (tertiary alicyclic amines) is 1. The van der Waals surface area contributed by atoms with E-state index in [-0.39, 0.29) is 51.8 Å². The summed E-state index contributed by atoms with van der Waals surface area (Å²) in [5.74, 6) is -4.58. The number of alkyl halides is 3. The van der Waals surface area contributed by atoms with Crippen molar-refractivity contribution in [3.63, 3.8) is 0 Å². The number of H-pyrrole nitrogens is 1. The van der Waals surface area contributed by atoms with Crippen molar-refractivity contribution in [1.29, 1.82) is 0 Å². The van der Waals surface area contributed by atoms with Crippen molar-refractivity contribution < 1.29 is 42.2 Å². The van der Waals surface area contributed by atoms with Crippen LogP contribution in [0.3, 0.4) is 0 Å². The molecule has 3 heterocycles. The number of aromatic nitrogens is 1. The monoisotopic (exact) mass is 715 g/mol. The van der Waals surface area contributed by atoms with Crippen molar-refractivity contribution in [3.05, 3.63) is 74.2 Å². The number of amides is 3. The zero-order valence-electron chi connectivity index (χ0n) is 26.2. The van der Waals surface area contributed by atoms with Crippen molar-refractivity contribution in [2.45, 2.75) is 55.1 Å². The van der Waals surface area contributed by atoms with E-state index < -0.39 is 59.9 Å². The molecule has 15 heteroatoms. The highest BCUT2D eigenvalue weighted by Crippen LogP contribution is 2.68. The number of hydrogen-bond donors (Lipinski definition) is 3. The first kappa shape index (κ1) is 33.4. The van der Waals surface area contributed by atoms with Gasteiger partial charge in [-0.2, -0.15) is 13.2 Å². The van der Waals surface area contributed by atoms with Gasteiger partial charge in [0, 0.05) is 21.7 Å². The Morgan fingerprint density at radius 1 is 1.06 bits per heavy atom. The van der Waals surface area contributed by atoms with Crippen LogP contribution in [0.5, 0.6) is 5.75 Å². The molecule has 0 radical (unpaired) electrons. The quantitative estimate of drug-likeness (QED) is 0.248. The minimum absolute atomic E-state index is 0.0233. The summed E-state index contributed by atoms with van der Waals surface area (Å²) in [6.07, 6.45) is -3.77. The topological polar surface area (TPSA) is 146 Å². The van der Waals surface area contributed by atoms with Crippen molar-refractivity contribution in [2.24, 2.45) is 35.5 Å². The van der Waals surface area contributed by atoms with Crippen LogP contribution < -0.4 is 14.9 Å². The molecule has 2 bridgehead atoms. The van der Waals surface area contributed by atoms with Crippen molar-refractivity contribution >= 4 is 52.5 Å². The maximum Gasteiger partial charge on any atom is 0.416 e. The minimum Gasteiger partial charge on any atom is -0.484 e. The Bertz CT molecular complexity index is 1910. The number of imide groups is 1. The summed E-state index contributed by atoms with van der Waals surface area (Å²) in [4.78, 5) is 69.8. The highest BCUT2D eigenvalue weighted by Gasteiger charge is 2.70. The predicted molar refractivity (Wildman–Crippen MR) is 173 cm³/mol. The van der Waals surface area contributed by atoms with Gasteiger partial charge in [-0.05, 0) is 72.4 Å². The molecular weight excluding hydrogens is 684 g/mol. The molecule has 3 amide bonds. The van der Waals surface area contributed by atoms with Gasteiger partial charge in [0.25, 0.3) is 5.91 Å². The molecule has 0 spiro atoms. The molecule has 10 nitrogen and oxygen atoms in total. The molecular formula is C34H32F3N3O7S2. The number of carbonyl (C=O) groups excluding carboxylic acids is 3. The van der Waals surface area contributed by atoms with Crippen LogP contribution in [0.2, 0.25) is 0 Å². The molecule has 2 saturated carbocycles. The number of nitrogens with one attached hydrogen (secondary N) is 2. The first-order chi connectivity index (χ1) is 23.2. The van der Waals surface area contributed by atoms with Crippen LogP contribution in [-0.4, -0.2) is 56.6 Å². The molecule has 49 heavy (non-hydrogen) atoms. The standard InChI is InChI=1S/C34H32F3N3O7S2/c1-14(2)9-21(32(44)45)40-30(42)25-19-12-20(26(25)31(40)43)27-24(19)23(28-29(48-27)39-33(46)49-28)15-5-3-8-18(10-15)47-13-22(41)38-17-7-4-6-16(11-17)34(35,36)37/h3-8,10-11,14,19-21,23-27H,9,12-13H2,1-2H3,(H,38,41)(H,39,46)(H,44,45)/t19?,20?,21?,23-,24?,25?,26?,27?/m1/s1. The lowest BCUT2D eigenvalue weighted by Crippen LogP contribution is -2.47. The number of aromatic amines is 1. The van der Waals surface area contributed by atoms with E-state index in [9.17, 15) is 42.3 Å². The Morgan fingerprint density at radius 3 is 2.47 bits per heavy atom. The van der Waals surface area contributed by atoms with Crippen LogP contribution in [0.1, 0.15) is 48.6 Å². The van der Waals surface area contributed by atoms with Crippen molar-refractivity contribution in [1.82, 2.24) is 9.88 Å². The van der Waals surface area contributed by atoms with Gasteiger partial charge < -0.3 is 20.1 Å². The number of nitrogens with zero attached hydrogens (tertiary/aromatic N) is 1. The number of aliphatic carboxylic acids is 1. The second kappa shape index (κ2) is 12.3. The first-order valence-electron chi connectivity index (χ1n) is 15.9. The maximum absolute atomic E-state index is 14.0. The summed E-state index contributed by atoms with van der Waals surface area (Å²) in [6, 6.07) is 10.1. The van der Waals surface area contributed by atoms with E-state index in [0.29, 0.717) is 17.2 Å². The average molecular weight is 716 g/mol. The normalized spacial score (nSPS) is 27.6. The molecule has 2 aromatic carbocycles. The predicted octanol–water partition coefficient (Wildman–Crippen LogP) is 5.45. The Balaban J connectivity index is 1.14. The van der Waals surface area contributed by atoms with Gasteiger partial charge in [0.15, 0.2) is 6.61 Å². The molecule has 3 N–H and O–H groups in total. The number of thioether (sulfide) groups is 1. The number of hydrogen-bond acceptors (Lipinski definition) is 8. The number of halogens is 3. The van der Waals surface area contributed by atoms with E-state index >= 15 is 0 Å². The fourth-order valence-electron chi connectivity index (χ4n) is 8.40. The van der Waals surface area contributed by atoms with E-state index in [1.165, 1.54) is 23.9 Å². The van der Waals surface area contributed by atoms with Gasteiger partial charge in [0.05, 0.1) is 22.4 Å². The molecule has 8 atom stereocenters. The third-order valence-electron chi connectivity index (χ3n) is 10.1. The van der Waals surface area contributed by atoms with Gasteiger partial charge in [0.2, 0.25) is 11.8 Å². The van der Waals surface area contributed by atoms with Gasteiger partial charge in [-0.1, -0.05) is 43.4 Å². The van der Waals surface area contributed by atoms with Crippen LogP contribution in [0.15, 0.2) is 58.4 Å². The molecule has 7 rings (SSSR count). The molecule has 1 aromatic heterocycles.